The summed E-state index contributed by atoms with van der Waals surface area (Å²) in [5.41, 5.74) is 5.67. The van der Waals surface area contributed by atoms with Gasteiger partial charge in [0.15, 0.2) is 6.10 Å². The van der Waals surface area contributed by atoms with E-state index in [9.17, 15) is 0 Å². The largest absolute Gasteiger partial charge is 0.495 e. The number of likely N-dealkylation sites (N-methyl/N-ethyl adjacent to an activating group) is 2. The lowest BCUT2D eigenvalue weighted by molar-refractivity contribution is 0.0101. The van der Waals surface area contributed by atoms with E-state index in [1.54, 1.807) is 7.11 Å². The van der Waals surface area contributed by atoms with Crippen LogP contribution in [0.1, 0.15) is 18.1 Å². The zero-order valence-electron chi connectivity index (χ0n) is 24.1. The van der Waals surface area contributed by atoms with Crippen molar-refractivity contribution >= 4 is 17.5 Å². The van der Waals surface area contributed by atoms with Crippen molar-refractivity contribution in [2.24, 2.45) is 11.1 Å². The van der Waals surface area contributed by atoms with Gasteiger partial charge in [-0.2, -0.15) is 0 Å². The van der Waals surface area contributed by atoms with Gasteiger partial charge in [-0.05, 0) is 32.6 Å². The molecule has 210 valence electrons. The van der Waals surface area contributed by atoms with Crippen LogP contribution in [0.4, 0.5) is 5.69 Å². The number of hydrogen-bond donors (Lipinski definition) is 0. The molecule has 2 unspecified atom stereocenters. The van der Waals surface area contributed by atoms with Crippen molar-refractivity contribution in [3.8, 4) is 11.5 Å². The Labute approximate surface area is 233 Å². The van der Waals surface area contributed by atoms with Gasteiger partial charge < -0.3 is 24.1 Å². The van der Waals surface area contributed by atoms with E-state index in [1.165, 1.54) is 11.1 Å². The van der Waals surface area contributed by atoms with Crippen molar-refractivity contribution in [3.63, 3.8) is 0 Å². The van der Waals surface area contributed by atoms with E-state index < -0.39 is 0 Å². The van der Waals surface area contributed by atoms with Crippen molar-refractivity contribution in [3.05, 3.63) is 59.2 Å². The van der Waals surface area contributed by atoms with E-state index in [0.29, 0.717) is 6.61 Å². The van der Waals surface area contributed by atoms with E-state index in [0.717, 1.165) is 80.8 Å². The van der Waals surface area contributed by atoms with Gasteiger partial charge in [0.2, 0.25) is 0 Å². The molecule has 0 spiro atoms. The van der Waals surface area contributed by atoms with Crippen LogP contribution in [-0.4, -0.2) is 114 Å². The van der Waals surface area contributed by atoms with Gasteiger partial charge in [0.25, 0.3) is 0 Å². The molecule has 3 aliphatic heterocycles. The lowest BCUT2D eigenvalue weighted by atomic mass is 9.89. The Hall–Kier alpha value is -3.07. The fraction of sp³-hybridized carbons (Fsp3) is 0.516. The number of anilines is 1. The third-order valence-corrected chi connectivity index (χ3v) is 7.94. The number of oxime groups is 1. The molecule has 3 heterocycles. The molecule has 1 saturated heterocycles. The molecule has 0 N–H and O–H groups in total. The molecule has 8 nitrogen and oxygen atoms in total. The first-order chi connectivity index (χ1) is 18.9. The van der Waals surface area contributed by atoms with E-state index in [-0.39, 0.29) is 12.0 Å². The minimum absolute atomic E-state index is 0.00727. The van der Waals surface area contributed by atoms with Crippen LogP contribution in [0.3, 0.4) is 0 Å². The second kappa shape index (κ2) is 12.4. The second-order valence-corrected chi connectivity index (χ2v) is 11.3. The summed E-state index contributed by atoms with van der Waals surface area (Å²) in [5.74, 6) is 1.82. The normalized spacial score (nSPS) is 21.6. The zero-order valence-corrected chi connectivity index (χ0v) is 24.1. The highest BCUT2D eigenvalue weighted by Gasteiger charge is 2.41. The molecule has 2 aromatic carbocycles. The molecule has 0 bridgehead atoms. The summed E-state index contributed by atoms with van der Waals surface area (Å²) in [6.07, 6.45) is 2.30. The van der Waals surface area contributed by atoms with Crippen LogP contribution in [0.5, 0.6) is 11.5 Å². The van der Waals surface area contributed by atoms with E-state index in [1.807, 2.05) is 0 Å². The highest BCUT2D eigenvalue weighted by molar-refractivity contribution is 6.07. The molecule has 0 amide bonds. The molecule has 5 rings (SSSR count). The number of methoxy groups -OCH3 is 1. The molecule has 0 aromatic heterocycles. The molecule has 39 heavy (non-hydrogen) atoms. The van der Waals surface area contributed by atoms with Gasteiger partial charge >= 0.3 is 0 Å². The zero-order chi connectivity index (χ0) is 27.4. The lowest BCUT2D eigenvalue weighted by Crippen LogP contribution is -2.50. The van der Waals surface area contributed by atoms with Crippen LogP contribution in [-0.2, 0) is 4.84 Å². The first-order valence-corrected chi connectivity index (χ1v) is 14.0. The predicted octanol–water partition coefficient (Wildman–Crippen LogP) is 3.53. The van der Waals surface area contributed by atoms with E-state index in [2.05, 4.69) is 101 Å². The maximum Gasteiger partial charge on any atom is 0.151 e. The Morgan fingerprint density at radius 2 is 1.79 bits per heavy atom. The molecular weight excluding hydrogens is 490 g/mol. The molecule has 0 radical (unpaired) electrons. The van der Waals surface area contributed by atoms with Gasteiger partial charge in [-0.1, -0.05) is 47.1 Å². The number of hydrogen-bond acceptors (Lipinski definition) is 8. The number of piperazine rings is 1. The summed E-state index contributed by atoms with van der Waals surface area (Å²) < 4.78 is 12.1. The van der Waals surface area contributed by atoms with Crippen molar-refractivity contribution < 1.29 is 14.3 Å². The van der Waals surface area contributed by atoms with E-state index in [4.69, 9.17) is 14.3 Å². The minimum Gasteiger partial charge on any atom is -0.495 e. The number of nitrogens with zero attached hydrogens (tertiary/aromatic N) is 5. The van der Waals surface area contributed by atoms with Gasteiger partial charge in [-0.25, -0.2) is 0 Å². The summed E-state index contributed by atoms with van der Waals surface area (Å²) in [5, 5.41) is 4.57. The standard InChI is InChI=1S/C31H43N5O3/c1-23(17-24-9-7-6-8-10-24)20-35-13-15-36(16-14-35)21-30-26-22-38-28-19-27(34(4)12-11-33(2)3)29(37-5)18-25(28)31(26)32-39-30/h6-10,17-19,26,30H,11-16,20-22H2,1-5H3/b23-17+. The van der Waals surface area contributed by atoms with Gasteiger partial charge in [0, 0.05) is 71.0 Å². The first kappa shape index (κ1) is 27.5. The van der Waals surface area contributed by atoms with Crippen molar-refractivity contribution in [1.82, 2.24) is 14.7 Å². The molecule has 8 heteroatoms. The van der Waals surface area contributed by atoms with Crippen LogP contribution in [0, 0.1) is 5.92 Å². The number of ether oxygens (including phenoxy) is 2. The van der Waals surface area contributed by atoms with Crippen LogP contribution in [0.2, 0.25) is 0 Å². The number of fused-ring (bicyclic) bond motifs is 3. The average Bonchev–Trinajstić information content (AvgIpc) is 3.35. The van der Waals surface area contributed by atoms with Crippen LogP contribution < -0.4 is 14.4 Å². The topological polar surface area (TPSA) is 53.0 Å². The van der Waals surface area contributed by atoms with Crippen molar-refractivity contribution in [1.29, 1.82) is 0 Å². The minimum atomic E-state index is 0.00727. The third kappa shape index (κ3) is 6.57. The molecule has 1 fully saturated rings. The summed E-state index contributed by atoms with van der Waals surface area (Å²) >= 11 is 0. The third-order valence-electron chi connectivity index (χ3n) is 7.94. The number of rotatable bonds is 10. The molecule has 0 saturated carbocycles. The predicted molar refractivity (Wildman–Crippen MR) is 158 cm³/mol. The maximum absolute atomic E-state index is 6.30. The Balaban J connectivity index is 1.16. The Bertz CT molecular complexity index is 1170. The van der Waals surface area contributed by atoms with Crippen molar-refractivity contribution in [2.45, 2.75) is 13.0 Å². The fourth-order valence-corrected chi connectivity index (χ4v) is 5.63. The van der Waals surface area contributed by atoms with Gasteiger partial charge in [0.05, 0.1) is 18.7 Å². The van der Waals surface area contributed by atoms with Gasteiger partial charge in [-0.3, -0.25) is 9.80 Å². The molecule has 0 aliphatic carbocycles. The molecule has 2 atom stereocenters. The Morgan fingerprint density at radius 1 is 1.05 bits per heavy atom. The van der Waals surface area contributed by atoms with Crippen LogP contribution in [0.15, 0.2) is 53.2 Å². The summed E-state index contributed by atoms with van der Waals surface area (Å²) in [4.78, 5) is 15.5. The average molecular weight is 534 g/mol. The SMILES string of the molecule is COc1cc2c(cc1N(C)CCN(C)C)OCC1C2=NOC1CN1CCN(C/C(C)=C/c2ccccc2)CC1. The monoisotopic (exact) mass is 533 g/mol. The summed E-state index contributed by atoms with van der Waals surface area (Å²) in [6, 6.07) is 14.7. The van der Waals surface area contributed by atoms with Gasteiger partial charge in [0.1, 0.15) is 23.8 Å². The van der Waals surface area contributed by atoms with Crippen LogP contribution >= 0.6 is 0 Å². The highest BCUT2D eigenvalue weighted by atomic mass is 16.6. The quantitative estimate of drug-likeness (QED) is 0.463. The molecule has 3 aliphatic rings. The smallest absolute Gasteiger partial charge is 0.151 e. The Kier molecular flexibility index (Phi) is 8.75. The van der Waals surface area contributed by atoms with Crippen LogP contribution in [0.25, 0.3) is 6.08 Å². The summed E-state index contributed by atoms with van der Waals surface area (Å²) in [7, 11) is 7.98. The fourth-order valence-electron chi connectivity index (χ4n) is 5.63. The lowest BCUT2D eigenvalue weighted by Gasteiger charge is -2.36. The Morgan fingerprint density at radius 3 is 2.51 bits per heavy atom. The van der Waals surface area contributed by atoms with Gasteiger partial charge in [-0.15, -0.1) is 0 Å². The second-order valence-electron chi connectivity index (χ2n) is 11.3. The molecular formula is C31H43N5O3. The highest BCUT2D eigenvalue weighted by Crippen LogP contribution is 2.41. The number of benzene rings is 2. The molecule has 2 aromatic rings. The van der Waals surface area contributed by atoms with E-state index >= 15 is 0 Å². The maximum atomic E-state index is 6.30. The first-order valence-electron chi connectivity index (χ1n) is 14.0. The van der Waals surface area contributed by atoms with Crippen molar-refractivity contribution in [2.75, 3.05) is 92.1 Å². The summed E-state index contributed by atoms with van der Waals surface area (Å²) in [6.45, 7) is 10.7.